The van der Waals surface area contributed by atoms with E-state index in [2.05, 4.69) is 45.3 Å². The molecule has 1 N–H and O–H groups in total. The number of benzene rings is 1. The lowest BCUT2D eigenvalue weighted by atomic mass is 10.2. The minimum absolute atomic E-state index is 0.914. The number of nitrogens with zero attached hydrogens (tertiary/aromatic N) is 1. The second kappa shape index (κ2) is 3.96. The smallest absolute Gasteiger partial charge is 0.0934 e. The molecular weight excluding hydrogens is 240 g/mol. The largest absolute Gasteiger partial charge is 0.384 e. The van der Waals surface area contributed by atoms with Crippen LogP contribution < -0.4 is 5.32 Å². The van der Waals surface area contributed by atoms with Crippen molar-refractivity contribution in [1.82, 2.24) is 4.98 Å². The fourth-order valence-corrected chi connectivity index (χ4v) is 1.82. The Morgan fingerprint density at radius 2 is 2.29 bits per heavy atom. The number of rotatable bonds is 2. The van der Waals surface area contributed by atoms with Crippen molar-refractivity contribution in [1.29, 1.82) is 0 Å². The molecule has 0 spiro atoms. The van der Waals surface area contributed by atoms with Crippen LogP contribution in [0, 0.1) is 0 Å². The number of nitrogens with one attached hydrogen (secondary N) is 1. The Morgan fingerprint density at radius 1 is 1.43 bits per heavy atom. The van der Waals surface area contributed by atoms with E-state index in [1.807, 2.05) is 18.3 Å². The molecular formula is C11H11BrN2. The van der Waals surface area contributed by atoms with Crippen molar-refractivity contribution in [3.05, 3.63) is 34.9 Å². The molecule has 2 aromatic rings. The highest BCUT2D eigenvalue weighted by atomic mass is 79.9. The third-order valence-corrected chi connectivity index (χ3v) is 2.48. The maximum atomic E-state index is 4.39. The average molecular weight is 251 g/mol. The number of fused-ring (bicyclic) bond motifs is 1. The summed E-state index contributed by atoms with van der Waals surface area (Å²) in [5.74, 6) is 0. The van der Waals surface area contributed by atoms with Gasteiger partial charge in [-0.05, 0) is 35.0 Å². The third-order valence-electron chi connectivity index (χ3n) is 2.04. The number of hydrogen-bond acceptors (Lipinski definition) is 2. The molecule has 0 amide bonds. The van der Waals surface area contributed by atoms with Gasteiger partial charge in [-0.3, -0.25) is 4.98 Å². The molecule has 0 saturated carbocycles. The van der Waals surface area contributed by atoms with E-state index in [9.17, 15) is 0 Å². The lowest BCUT2D eigenvalue weighted by molar-refractivity contribution is 1.21. The van der Waals surface area contributed by atoms with Gasteiger partial charge in [0, 0.05) is 22.6 Å². The highest BCUT2D eigenvalue weighted by Crippen LogP contribution is 2.23. The zero-order valence-electron chi connectivity index (χ0n) is 7.92. The van der Waals surface area contributed by atoms with E-state index < -0.39 is 0 Å². The van der Waals surface area contributed by atoms with E-state index in [4.69, 9.17) is 0 Å². The van der Waals surface area contributed by atoms with Gasteiger partial charge >= 0.3 is 0 Å². The molecule has 0 aliphatic rings. The molecule has 0 fully saturated rings. The van der Waals surface area contributed by atoms with Gasteiger partial charge in [0.25, 0.3) is 0 Å². The van der Waals surface area contributed by atoms with Crippen molar-refractivity contribution in [2.24, 2.45) is 0 Å². The summed E-state index contributed by atoms with van der Waals surface area (Å²) in [6.07, 6.45) is 1.82. The summed E-state index contributed by atoms with van der Waals surface area (Å²) in [7, 11) is 0. The van der Waals surface area contributed by atoms with Crippen LogP contribution in [0.5, 0.6) is 0 Å². The molecule has 0 bridgehead atoms. The Balaban J connectivity index is 2.62. The number of pyridine rings is 1. The molecule has 0 aliphatic heterocycles. The summed E-state index contributed by atoms with van der Waals surface area (Å²) in [4.78, 5) is 4.39. The van der Waals surface area contributed by atoms with E-state index >= 15 is 0 Å². The number of halogens is 1. The zero-order valence-corrected chi connectivity index (χ0v) is 9.51. The van der Waals surface area contributed by atoms with Gasteiger partial charge in [-0.1, -0.05) is 12.1 Å². The van der Waals surface area contributed by atoms with Crippen molar-refractivity contribution >= 4 is 32.5 Å². The first-order valence-electron chi connectivity index (χ1n) is 4.59. The fourth-order valence-electron chi connectivity index (χ4n) is 1.47. The Hall–Kier alpha value is -1.09. The summed E-state index contributed by atoms with van der Waals surface area (Å²) in [5, 5.41) is 4.44. The van der Waals surface area contributed by atoms with Crippen LogP contribution in [0.3, 0.4) is 0 Å². The maximum Gasteiger partial charge on any atom is 0.0934 e. The molecule has 0 radical (unpaired) electrons. The predicted octanol–water partition coefficient (Wildman–Crippen LogP) is 3.43. The molecule has 1 aromatic heterocycles. The first-order chi connectivity index (χ1) is 6.81. The van der Waals surface area contributed by atoms with Gasteiger partial charge in [0.05, 0.1) is 11.2 Å². The van der Waals surface area contributed by atoms with Crippen molar-refractivity contribution < 1.29 is 0 Å². The Kier molecular flexibility index (Phi) is 2.68. The van der Waals surface area contributed by atoms with E-state index in [1.165, 1.54) is 0 Å². The summed E-state index contributed by atoms with van der Waals surface area (Å²) in [5.41, 5.74) is 2.12. The molecule has 2 nitrogen and oxygen atoms in total. The van der Waals surface area contributed by atoms with Crippen LogP contribution in [0.25, 0.3) is 10.9 Å². The SMILES string of the molecule is CCNc1cccc2cc(Br)cnc12. The van der Waals surface area contributed by atoms with Gasteiger partial charge in [-0.25, -0.2) is 0 Å². The van der Waals surface area contributed by atoms with Gasteiger partial charge in [0.1, 0.15) is 0 Å². The average Bonchev–Trinajstić information content (AvgIpc) is 2.18. The van der Waals surface area contributed by atoms with Crippen molar-refractivity contribution in [3.63, 3.8) is 0 Å². The Labute approximate surface area is 91.5 Å². The lowest BCUT2D eigenvalue weighted by Crippen LogP contribution is -1.97. The number of para-hydroxylation sites is 1. The summed E-state index contributed by atoms with van der Waals surface area (Å²) >= 11 is 3.41. The molecule has 0 aliphatic carbocycles. The van der Waals surface area contributed by atoms with Crippen LogP contribution >= 0.6 is 15.9 Å². The molecule has 0 saturated heterocycles. The summed E-state index contributed by atoms with van der Waals surface area (Å²) < 4.78 is 1.01. The molecule has 0 unspecified atom stereocenters. The van der Waals surface area contributed by atoms with Gasteiger partial charge in [0.15, 0.2) is 0 Å². The fraction of sp³-hybridized carbons (Fsp3) is 0.182. The van der Waals surface area contributed by atoms with Crippen LogP contribution in [-0.4, -0.2) is 11.5 Å². The molecule has 2 rings (SSSR count). The van der Waals surface area contributed by atoms with E-state index in [0.29, 0.717) is 0 Å². The number of aromatic nitrogens is 1. The second-order valence-electron chi connectivity index (χ2n) is 3.06. The normalized spacial score (nSPS) is 10.4. The molecule has 72 valence electrons. The third kappa shape index (κ3) is 1.73. The topological polar surface area (TPSA) is 24.9 Å². The number of hydrogen-bond donors (Lipinski definition) is 1. The maximum absolute atomic E-state index is 4.39. The van der Waals surface area contributed by atoms with E-state index in [-0.39, 0.29) is 0 Å². The zero-order chi connectivity index (χ0) is 9.97. The van der Waals surface area contributed by atoms with E-state index in [0.717, 1.165) is 27.6 Å². The summed E-state index contributed by atoms with van der Waals surface area (Å²) in [6.45, 7) is 2.99. The minimum atomic E-state index is 0.914. The molecule has 3 heteroatoms. The Bertz CT molecular complexity index is 454. The van der Waals surface area contributed by atoms with Gasteiger partial charge in [0.2, 0.25) is 0 Å². The van der Waals surface area contributed by atoms with Crippen LogP contribution in [0.2, 0.25) is 0 Å². The van der Waals surface area contributed by atoms with Crippen LogP contribution in [0.1, 0.15) is 6.92 Å². The molecule has 1 heterocycles. The lowest BCUT2D eigenvalue weighted by Gasteiger charge is -2.06. The monoisotopic (exact) mass is 250 g/mol. The highest BCUT2D eigenvalue weighted by Gasteiger charge is 2.00. The Morgan fingerprint density at radius 3 is 3.07 bits per heavy atom. The molecule has 0 atom stereocenters. The van der Waals surface area contributed by atoms with Crippen LogP contribution in [0.15, 0.2) is 34.9 Å². The second-order valence-corrected chi connectivity index (χ2v) is 3.98. The van der Waals surface area contributed by atoms with E-state index in [1.54, 1.807) is 0 Å². The minimum Gasteiger partial charge on any atom is -0.384 e. The van der Waals surface area contributed by atoms with Crippen molar-refractivity contribution in [2.45, 2.75) is 6.92 Å². The summed E-state index contributed by atoms with van der Waals surface area (Å²) in [6, 6.07) is 8.22. The molecule has 14 heavy (non-hydrogen) atoms. The predicted molar refractivity (Wildman–Crippen MR) is 63.6 cm³/mol. The van der Waals surface area contributed by atoms with Crippen LogP contribution in [0.4, 0.5) is 5.69 Å². The highest BCUT2D eigenvalue weighted by molar-refractivity contribution is 9.10. The van der Waals surface area contributed by atoms with Gasteiger partial charge in [-0.15, -0.1) is 0 Å². The quantitative estimate of drug-likeness (QED) is 0.884. The number of anilines is 1. The van der Waals surface area contributed by atoms with Gasteiger partial charge in [-0.2, -0.15) is 0 Å². The standard InChI is InChI=1S/C11H11BrN2/c1-2-13-10-5-3-4-8-6-9(12)7-14-11(8)10/h3-7,13H,2H2,1H3. The van der Waals surface area contributed by atoms with Crippen LogP contribution in [-0.2, 0) is 0 Å². The van der Waals surface area contributed by atoms with Crippen molar-refractivity contribution in [3.8, 4) is 0 Å². The van der Waals surface area contributed by atoms with Crippen molar-refractivity contribution in [2.75, 3.05) is 11.9 Å². The first kappa shape index (κ1) is 9.46. The first-order valence-corrected chi connectivity index (χ1v) is 5.38. The molecule has 1 aromatic carbocycles. The van der Waals surface area contributed by atoms with Gasteiger partial charge < -0.3 is 5.32 Å².